The SMILES string of the molecule is CCC(Cl)CCNC(=O)c1cc(Cl)ccc1Br. The van der Waals surface area contributed by atoms with Crippen LogP contribution < -0.4 is 5.32 Å². The second-order valence-corrected chi connectivity index (χ2v) is 5.58. The van der Waals surface area contributed by atoms with Crippen molar-refractivity contribution < 1.29 is 4.79 Å². The summed E-state index contributed by atoms with van der Waals surface area (Å²) in [5.74, 6) is -0.139. The minimum Gasteiger partial charge on any atom is -0.352 e. The molecule has 0 aliphatic heterocycles. The topological polar surface area (TPSA) is 29.1 Å². The highest BCUT2D eigenvalue weighted by Crippen LogP contribution is 2.21. The van der Waals surface area contributed by atoms with Crippen molar-refractivity contribution in [1.29, 1.82) is 0 Å². The number of hydrogen-bond donors (Lipinski definition) is 1. The quantitative estimate of drug-likeness (QED) is 0.799. The summed E-state index contributed by atoms with van der Waals surface area (Å²) in [5.41, 5.74) is 0.542. The monoisotopic (exact) mass is 337 g/mol. The van der Waals surface area contributed by atoms with E-state index in [4.69, 9.17) is 23.2 Å². The van der Waals surface area contributed by atoms with Gasteiger partial charge in [-0.1, -0.05) is 18.5 Å². The van der Waals surface area contributed by atoms with E-state index in [1.807, 2.05) is 6.92 Å². The molecule has 0 heterocycles. The van der Waals surface area contributed by atoms with Gasteiger partial charge in [0.15, 0.2) is 0 Å². The van der Waals surface area contributed by atoms with Gasteiger partial charge < -0.3 is 5.32 Å². The van der Waals surface area contributed by atoms with Crippen LogP contribution in [0.15, 0.2) is 22.7 Å². The van der Waals surface area contributed by atoms with Gasteiger partial charge in [-0.05, 0) is 47.0 Å². The van der Waals surface area contributed by atoms with Gasteiger partial charge in [0.2, 0.25) is 0 Å². The number of carbonyl (C=O) groups excluding carboxylic acids is 1. The molecule has 0 radical (unpaired) electrons. The van der Waals surface area contributed by atoms with Crippen molar-refractivity contribution in [3.8, 4) is 0 Å². The Morgan fingerprint density at radius 1 is 1.53 bits per heavy atom. The van der Waals surface area contributed by atoms with Gasteiger partial charge in [0.05, 0.1) is 5.56 Å². The fourth-order valence-electron chi connectivity index (χ4n) is 1.31. The smallest absolute Gasteiger partial charge is 0.252 e. The van der Waals surface area contributed by atoms with Crippen LogP contribution in [0.1, 0.15) is 30.1 Å². The van der Waals surface area contributed by atoms with Crippen molar-refractivity contribution in [2.75, 3.05) is 6.54 Å². The van der Waals surface area contributed by atoms with Gasteiger partial charge in [0.1, 0.15) is 0 Å². The number of nitrogens with one attached hydrogen (secondary N) is 1. The van der Waals surface area contributed by atoms with Gasteiger partial charge in [0, 0.05) is 21.4 Å². The van der Waals surface area contributed by atoms with E-state index < -0.39 is 0 Å². The molecular formula is C12H14BrCl2NO. The highest BCUT2D eigenvalue weighted by Gasteiger charge is 2.10. The second kappa shape index (κ2) is 7.24. The summed E-state index contributed by atoms with van der Waals surface area (Å²) in [7, 11) is 0. The van der Waals surface area contributed by atoms with Gasteiger partial charge >= 0.3 is 0 Å². The van der Waals surface area contributed by atoms with E-state index in [1.165, 1.54) is 0 Å². The Labute approximate surface area is 120 Å². The summed E-state index contributed by atoms with van der Waals surface area (Å²) in [5, 5.41) is 3.47. The third-order valence-corrected chi connectivity index (χ3v) is 3.81. The Morgan fingerprint density at radius 2 is 2.24 bits per heavy atom. The summed E-state index contributed by atoms with van der Waals surface area (Å²) in [6.07, 6.45) is 1.67. The van der Waals surface area contributed by atoms with Crippen LogP contribution in [0, 0.1) is 0 Å². The molecule has 5 heteroatoms. The highest BCUT2D eigenvalue weighted by atomic mass is 79.9. The van der Waals surface area contributed by atoms with Gasteiger partial charge in [-0.2, -0.15) is 0 Å². The fraction of sp³-hybridized carbons (Fsp3) is 0.417. The number of halogens is 3. The molecule has 0 aromatic heterocycles. The average molecular weight is 339 g/mol. The molecular weight excluding hydrogens is 325 g/mol. The fourth-order valence-corrected chi connectivity index (χ4v) is 2.02. The summed E-state index contributed by atoms with van der Waals surface area (Å²) >= 11 is 15.1. The number of carbonyl (C=O) groups is 1. The Kier molecular flexibility index (Phi) is 6.31. The molecule has 0 saturated heterocycles. The molecule has 1 rings (SSSR count). The molecule has 0 aliphatic rings. The molecule has 0 saturated carbocycles. The molecule has 1 atom stereocenters. The molecule has 1 aromatic carbocycles. The van der Waals surface area contributed by atoms with E-state index in [0.29, 0.717) is 17.1 Å². The Bertz CT molecular complexity index is 398. The second-order valence-electron chi connectivity index (χ2n) is 3.67. The molecule has 0 bridgehead atoms. The van der Waals surface area contributed by atoms with Crippen molar-refractivity contribution in [1.82, 2.24) is 5.32 Å². The van der Waals surface area contributed by atoms with E-state index in [2.05, 4.69) is 21.2 Å². The maximum absolute atomic E-state index is 11.8. The zero-order chi connectivity index (χ0) is 12.8. The summed E-state index contributed by atoms with van der Waals surface area (Å²) in [6.45, 7) is 2.59. The first kappa shape index (κ1) is 14.8. The maximum atomic E-state index is 11.8. The zero-order valence-corrected chi connectivity index (χ0v) is 12.6. The van der Waals surface area contributed by atoms with Crippen LogP contribution in [0.2, 0.25) is 5.02 Å². The Morgan fingerprint density at radius 3 is 2.88 bits per heavy atom. The number of alkyl halides is 1. The van der Waals surface area contributed by atoms with Crippen LogP contribution >= 0.6 is 39.1 Å². The number of hydrogen-bond acceptors (Lipinski definition) is 1. The van der Waals surface area contributed by atoms with E-state index in [1.54, 1.807) is 18.2 Å². The van der Waals surface area contributed by atoms with Gasteiger partial charge in [-0.15, -0.1) is 11.6 Å². The molecule has 1 aromatic rings. The van der Waals surface area contributed by atoms with Gasteiger partial charge in [-0.25, -0.2) is 0 Å². The van der Waals surface area contributed by atoms with E-state index >= 15 is 0 Å². The van der Waals surface area contributed by atoms with Crippen molar-refractivity contribution in [3.05, 3.63) is 33.3 Å². The Balaban J connectivity index is 2.55. The molecule has 1 unspecified atom stereocenters. The third kappa shape index (κ3) is 4.86. The van der Waals surface area contributed by atoms with Crippen LogP contribution in [0.3, 0.4) is 0 Å². The van der Waals surface area contributed by atoms with E-state index in [-0.39, 0.29) is 11.3 Å². The van der Waals surface area contributed by atoms with E-state index in [9.17, 15) is 4.79 Å². The van der Waals surface area contributed by atoms with Gasteiger partial charge in [-0.3, -0.25) is 4.79 Å². The predicted octanol–water partition coefficient (Wildman–Crippen LogP) is 4.24. The molecule has 1 N–H and O–H groups in total. The lowest BCUT2D eigenvalue weighted by Gasteiger charge is -2.09. The van der Waals surface area contributed by atoms with E-state index in [0.717, 1.165) is 17.3 Å². The summed E-state index contributed by atoms with van der Waals surface area (Å²) < 4.78 is 0.734. The molecule has 2 nitrogen and oxygen atoms in total. The van der Waals surface area contributed by atoms with Crippen LogP contribution in [0.5, 0.6) is 0 Å². The average Bonchev–Trinajstić information content (AvgIpc) is 2.31. The lowest BCUT2D eigenvalue weighted by Crippen LogP contribution is -2.26. The number of rotatable bonds is 5. The predicted molar refractivity (Wildman–Crippen MR) is 76.0 cm³/mol. The van der Waals surface area contributed by atoms with Crippen molar-refractivity contribution in [2.45, 2.75) is 25.1 Å². The maximum Gasteiger partial charge on any atom is 0.252 e. The molecule has 0 fully saturated rings. The summed E-state index contributed by atoms with van der Waals surface area (Å²) in [4.78, 5) is 11.8. The number of amides is 1. The van der Waals surface area contributed by atoms with Crippen LogP contribution in [-0.2, 0) is 0 Å². The molecule has 94 valence electrons. The first-order chi connectivity index (χ1) is 8.04. The molecule has 1 amide bonds. The normalized spacial score (nSPS) is 12.2. The highest BCUT2D eigenvalue weighted by molar-refractivity contribution is 9.10. The van der Waals surface area contributed by atoms with Crippen LogP contribution in [0.25, 0.3) is 0 Å². The lowest BCUT2D eigenvalue weighted by molar-refractivity contribution is 0.0952. The van der Waals surface area contributed by atoms with Crippen molar-refractivity contribution >= 4 is 45.0 Å². The summed E-state index contributed by atoms with van der Waals surface area (Å²) in [6, 6.07) is 5.13. The first-order valence-electron chi connectivity index (χ1n) is 5.42. The largest absolute Gasteiger partial charge is 0.352 e. The minimum absolute atomic E-state index is 0.109. The Hall–Kier alpha value is -0.250. The first-order valence-corrected chi connectivity index (χ1v) is 7.02. The lowest BCUT2D eigenvalue weighted by atomic mass is 10.2. The van der Waals surface area contributed by atoms with Crippen LogP contribution in [0.4, 0.5) is 0 Å². The van der Waals surface area contributed by atoms with Crippen LogP contribution in [-0.4, -0.2) is 17.8 Å². The van der Waals surface area contributed by atoms with Crippen molar-refractivity contribution in [2.24, 2.45) is 0 Å². The van der Waals surface area contributed by atoms with Crippen molar-refractivity contribution in [3.63, 3.8) is 0 Å². The minimum atomic E-state index is -0.139. The molecule has 0 spiro atoms. The molecule has 17 heavy (non-hydrogen) atoms. The number of benzene rings is 1. The zero-order valence-electron chi connectivity index (χ0n) is 9.47. The standard InChI is InChI=1S/C12H14BrCl2NO/c1-2-8(14)5-6-16-12(17)10-7-9(15)3-4-11(10)13/h3-4,7-8H,2,5-6H2,1H3,(H,16,17). The van der Waals surface area contributed by atoms with Gasteiger partial charge in [0.25, 0.3) is 5.91 Å². The molecule has 0 aliphatic carbocycles. The third-order valence-electron chi connectivity index (χ3n) is 2.36.